The molecule has 0 aliphatic rings. The van der Waals surface area contributed by atoms with E-state index in [0.717, 1.165) is 12.1 Å². The summed E-state index contributed by atoms with van der Waals surface area (Å²) < 4.78 is 21.5. The molecule has 0 unspecified atom stereocenters. The maximum Gasteiger partial charge on any atom is 0.224 e. The molecule has 1 aromatic heterocycles. The zero-order valence-electron chi connectivity index (χ0n) is 10.6. The summed E-state index contributed by atoms with van der Waals surface area (Å²) in [5.41, 5.74) is 0.909. The van der Waals surface area contributed by atoms with E-state index in [1.807, 2.05) is 13.8 Å². The quantitative estimate of drug-likeness (QED) is 0.617. The molecular weight excluding hydrogens is 254 g/mol. The highest BCUT2D eigenvalue weighted by Gasteiger charge is 2.04. The Morgan fingerprint density at radius 1 is 1.39 bits per heavy atom. The van der Waals surface area contributed by atoms with Crippen molar-refractivity contribution >= 4 is 21.8 Å². The van der Waals surface area contributed by atoms with Crippen LogP contribution < -0.4 is 15.8 Å². The number of sulfonamides is 1. The number of aryl methyl sites for hydroxylation is 1. The minimum atomic E-state index is -3.39. The summed E-state index contributed by atoms with van der Waals surface area (Å²) in [6, 6.07) is 0. The summed E-state index contributed by atoms with van der Waals surface area (Å²) in [4.78, 5) is 8.40. The van der Waals surface area contributed by atoms with Gasteiger partial charge in [-0.1, -0.05) is 0 Å². The Bertz CT molecular complexity index is 489. The van der Waals surface area contributed by atoms with Crippen molar-refractivity contribution in [2.75, 3.05) is 29.5 Å². The number of hydrogen-bond donors (Lipinski definition) is 3. The maximum atomic E-state index is 10.8. The summed E-state index contributed by atoms with van der Waals surface area (Å²) in [5, 5.41) is 11.0. The van der Waals surface area contributed by atoms with E-state index in [2.05, 4.69) is 20.6 Å². The first-order valence-electron chi connectivity index (χ1n) is 5.74. The molecule has 0 aliphatic heterocycles. The van der Waals surface area contributed by atoms with Crippen molar-refractivity contribution in [3.05, 3.63) is 11.8 Å². The normalized spacial score (nSPS) is 11.3. The molecule has 102 valence electrons. The third-order valence-corrected chi connectivity index (χ3v) is 3.06. The molecule has 0 spiro atoms. The number of primary sulfonamides is 1. The average Bonchev–Trinajstić information content (AvgIpc) is 2.27. The minimum absolute atomic E-state index is 0.0375. The number of aromatic nitrogens is 2. The SMILES string of the molecule is CCNc1ncc(C)c(NCCCS(N)(=O)=O)n1. The molecule has 1 rings (SSSR count). The van der Waals surface area contributed by atoms with Crippen LogP contribution in [-0.4, -0.2) is 37.2 Å². The Labute approximate surface area is 107 Å². The van der Waals surface area contributed by atoms with E-state index in [1.165, 1.54) is 0 Å². The lowest BCUT2D eigenvalue weighted by Gasteiger charge is -2.09. The van der Waals surface area contributed by atoms with Gasteiger partial charge in [0.05, 0.1) is 5.75 Å². The van der Waals surface area contributed by atoms with Crippen molar-refractivity contribution in [2.45, 2.75) is 20.3 Å². The van der Waals surface area contributed by atoms with Crippen LogP contribution >= 0.6 is 0 Å². The van der Waals surface area contributed by atoms with Crippen LogP contribution in [0.4, 0.5) is 11.8 Å². The minimum Gasteiger partial charge on any atom is -0.370 e. The monoisotopic (exact) mass is 273 g/mol. The number of nitrogens with zero attached hydrogens (tertiary/aromatic N) is 2. The Morgan fingerprint density at radius 3 is 2.72 bits per heavy atom. The number of nitrogens with one attached hydrogen (secondary N) is 2. The molecule has 18 heavy (non-hydrogen) atoms. The smallest absolute Gasteiger partial charge is 0.224 e. The van der Waals surface area contributed by atoms with Crippen molar-refractivity contribution in [3.8, 4) is 0 Å². The van der Waals surface area contributed by atoms with Crippen LogP contribution in [0.5, 0.6) is 0 Å². The molecule has 0 atom stereocenters. The highest BCUT2D eigenvalue weighted by atomic mass is 32.2. The van der Waals surface area contributed by atoms with Gasteiger partial charge in [-0.05, 0) is 20.3 Å². The fourth-order valence-electron chi connectivity index (χ4n) is 1.34. The van der Waals surface area contributed by atoms with Crippen LogP contribution in [0.1, 0.15) is 18.9 Å². The molecule has 0 saturated heterocycles. The molecule has 1 heterocycles. The van der Waals surface area contributed by atoms with Gasteiger partial charge in [0.2, 0.25) is 16.0 Å². The van der Waals surface area contributed by atoms with Crippen molar-refractivity contribution in [2.24, 2.45) is 5.14 Å². The molecule has 0 aromatic carbocycles. The third-order valence-electron chi connectivity index (χ3n) is 2.20. The zero-order valence-corrected chi connectivity index (χ0v) is 11.4. The van der Waals surface area contributed by atoms with Gasteiger partial charge in [-0.15, -0.1) is 0 Å². The second-order valence-corrected chi connectivity index (χ2v) is 5.64. The van der Waals surface area contributed by atoms with E-state index in [-0.39, 0.29) is 5.75 Å². The Morgan fingerprint density at radius 2 is 2.11 bits per heavy atom. The van der Waals surface area contributed by atoms with E-state index < -0.39 is 10.0 Å². The van der Waals surface area contributed by atoms with Gasteiger partial charge in [0.1, 0.15) is 5.82 Å². The molecule has 0 saturated carbocycles. The molecule has 0 bridgehead atoms. The molecule has 0 amide bonds. The van der Waals surface area contributed by atoms with E-state index >= 15 is 0 Å². The highest BCUT2D eigenvalue weighted by Crippen LogP contribution is 2.12. The summed E-state index contributed by atoms with van der Waals surface area (Å²) in [6.45, 7) is 5.09. The maximum absolute atomic E-state index is 10.8. The highest BCUT2D eigenvalue weighted by molar-refractivity contribution is 7.89. The average molecular weight is 273 g/mol. The number of nitrogens with two attached hydrogens (primary N) is 1. The summed E-state index contributed by atoms with van der Waals surface area (Å²) in [6.07, 6.45) is 2.16. The van der Waals surface area contributed by atoms with Gasteiger partial charge in [-0.3, -0.25) is 0 Å². The fourth-order valence-corrected chi connectivity index (χ4v) is 1.89. The zero-order chi connectivity index (χ0) is 13.6. The van der Waals surface area contributed by atoms with Gasteiger partial charge in [-0.25, -0.2) is 18.5 Å². The van der Waals surface area contributed by atoms with Gasteiger partial charge < -0.3 is 10.6 Å². The van der Waals surface area contributed by atoms with Gasteiger partial charge in [-0.2, -0.15) is 4.98 Å². The van der Waals surface area contributed by atoms with Gasteiger partial charge in [0.25, 0.3) is 0 Å². The molecule has 7 nitrogen and oxygen atoms in total. The van der Waals surface area contributed by atoms with Crippen LogP contribution in [0.3, 0.4) is 0 Å². The van der Waals surface area contributed by atoms with Gasteiger partial charge in [0.15, 0.2) is 0 Å². The predicted octanol–water partition coefficient (Wildman–Crippen LogP) is 0.307. The van der Waals surface area contributed by atoms with Gasteiger partial charge in [0, 0.05) is 24.8 Å². The Kier molecular flexibility index (Phi) is 5.29. The predicted molar refractivity (Wildman–Crippen MR) is 72.0 cm³/mol. The van der Waals surface area contributed by atoms with Crippen LogP contribution in [0.15, 0.2) is 6.20 Å². The molecule has 1 aromatic rings. The summed E-state index contributed by atoms with van der Waals surface area (Å²) >= 11 is 0. The topological polar surface area (TPSA) is 110 Å². The summed E-state index contributed by atoms with van der Waals surface area (Å²) in [7, 11) is -3.39. The second-order valence-electron chi connectivity index (χ2n) is 3.90. The number of rotatable bonds is 7. The largest absolute Gasteiger partial charge is 0.370 e. The number of hydrogen-bond acceptors (Lipinski definition) is 6. The first kappa shape index (κ1) is 14.7. The number of anilines is 2. The van der Waals surface area contributed by atoms with Crippen molar-refractivity contribution in [1.29, 1.82) is 0 Å². The Balaban J connectivity index is 2.53. The lowest BCUT2D eigenvalue weighted by molar-refractivity contribution is 0.595. The first-order valence-corrected chi connectivity index (χ1v) is 7.46. The van der Waals surface area contributed by atoms with Crippen molar-refractivity contribution in [3.63, 3.8) is 0 Å². The Hall–Kier alpha value is -1.41. The second kappa shape index (κ2) is 6.50. The van der Waals surface area contributed by atoms with E-state index in [4.69, 9.17) is 5.14 Å². The lowest BCUT2D eigenvalue weighted by atomic mass is 10.3. The van der Waals surface area contributed by atoms with Gasteiger partial charge >= 0.3 is 0 Å². The van der Waals surface area contributed by atoms with Crippen molar-refractivity contribution < 1.29 is 8.42 Å². The fraction of sp³-hybridized carbons (Fsp3) is 0.600. The van der Waals surface area contributed by atoms with Crippen LogP contribution in [0.2, 0.25) is 0 Å². The molecule has 8 heteroatoms. The van der Waals surface area contributed by atoms with Crippen LogP contribution in [-0.2, 0) is 10.0 Å². The van der Waals surface area contributed by atoms with Crippen LogP contribution in [0, 0.1) is 6.92 Å². The standard InChI is InChI=1S/C10H19N5O2S/c1-3-12-10-14-7-8(2)9(15-10)13-5-4-6-18(11,16)17/h7H,3-6H2,1-2H3,(H2,11,16,17)(H2,12,13,14,15). The molecule has 0 aliphatic carbocycles. The summed E-state index contributed by atoms with van der Waals surface area (Å²) in [5.74, 6) is 1.22. The molecule has 0 fully saturated rings. The van der Waals surface area contributed by atoms with E-state index in [1.54, 1.807) is 6.20 Å². The first-order chi connectivity index (χ1) is 8.42. The molecule has 0 radical (unpaired) electrons. The third kappa shape index (κ3) is 5.28. The molecular formula is C10H19N5O2S. The molecule has 4 N–H and O–H groups in total. The lowest BCUT2D eigenvalue weighted by Crippen LogP contribution is -2.19. The van der Waals surface area contributed by atoms with E-state index in [9.17, 15) is 8.42 Å². The van der Waals surface area contributed by atoms with Crippen molar-refractivity contribution in [1.82, 2.24) is 9.97 Å². The van der Waals surface area contributed by atoms with E-state index in [0.29, 0.717) is 24.7 Å². The van der Waals surface area contributed by atoms with Crippen LogP contribution in [0.25, 0.3) is 0 Å².